The smallest absolute Gasteiger partial charge is 0.262 e. The molecule has 1 aliphatic heterocycles. The summed E-state index contributed by atoms with van der Waals surface area (Å²) < 4.78 is 5.85. The number of hydrogen-bond acceptors (Lipinski definition) is 4. The molecule has 0 saturated heterocycles. The number of hydrogen-bond donors (Lipinski definition) is 2. The first-order valence-electron chi connectivity index (χ1n) is 9.21. The first kappa shape index (κ1) is 18.8. The third kappa shape index (κ3) is 4.78. The maximum absolute atomic E-state index is 12.6. The van der Waals surface area contributed by atoms with Crippen molar-refractivity contribution in [3.8, 4) is 5.75 Å². The molecule has 0 spiro atoms. The van der Waals surface area contributed by atoms with Crippen molar-refractivity contribution in [2.24, 2.45) is 0 Å². The SMILES string of the molecule is CCCNC(=O)[C@@H]1CN(CC(=O)Nc2cccc(C)c2)c2ccccc2O1. The molecule has 1 heterocycles. The van der Waals surface area contributed by atoms with Gasteiger partial charge in [0.05, 0.1) is 18.8 Å². The molecule has 2 N–H and O–H groups in total. The summed E-state index contributed by atoms with van der Waals surface area (Å²) >= 11 is 0. The number of fused-ring (bicyclic) bond motifs is 1. The highest BCUT2D eigenvalue weighted by atomic mass is 16.5. The molecule has 6 heteroatoms. The minimum atomic E-state index is -0.641. The number of aryl methyl sites for hydroxylation is 1. The number of anilines is 2. The summed E-state index contributed by atoms with van der Waals surface area (Å²) in [7, 11) is 0. The minimum Gasteiger partial charge on any atom is -0.477 e. The van der Waals surface area contributed by atoms with Gasteiger partial charge in [0.25, 0.3) is 5.91 Å². The first-order chi connectivity index (χ1) is 13.1. The van der Waals surface area contributed by atoms with Crippen LogP contribution >= 0.6 is 0 Å². The van der Waals surface area contributed by atoms with Gasteiger partial charge in [0.15, 0.2) is 6.10 Å². The quantitative estimate of drug-likeness (QED) is 0.824. The topological polar surface area (TPSA) is 70.7 Å². The number of benzene rings is 2. The first-order valence-corrected chi connectivity index (χ1v) is 9.21. The normalized spacial score (nSPS) is 15.5. The van der Waals surface area contributed by atoms with Gasteiger partial charge in [-0.05, 0) is 43.2 Å². The van der Waals surface area contributed by atoms with E-state index in [-0.39, 0.29) is 18.4 Å². The molecular formula is C21H25N3O3. The van der Waals surface area contributed by atoms with Gasteiger partial charge in [0.1, 0.15) is 5.75 Å². The Bertz CT molecular complexity index is 822. The Balaban J connectivity index is 1.72. The molecule has 27 heavy (non-hydrogen) atoms. The number of amides is 2. The second-order valence-corrected chi connectivity index (χ2v) is 6.66. The lowest BCUT2D eigenvalue weighted by Gasteiger charge is -2.35. The van der Waals surface area contributed by atoms with Gasteiger partial charge < -0.3 is 20.3 Å². The van der Waals surface area contributed by atoms with E-state index in [0.717, 1.165) is 23.4 Å². The average Bonchev–Trinajstić information content (AvgIpc) is 2.66. The Morgan fingerprint density at radius 1 is 1.19 bits per heavy atom. The van der Waals surface area contributed by atoms with Gasteiger partial charge in [-0.15, -0.1) is 0 Å². The molecule has 6 nitrogen and oxygen atoms in total. The molecule has 0 unspecified atom stereocenters. The van der Waals surface area contributed by atoms with Gasteiger partial charge in [-0.1, -0.05) is 31.2 Å². The second kappa shape index (κ2) is 8.58. The zero-order chi connectivity index (χ0) is 19.2. The predicted molar refractivity (Wildman–Crippen MR) is 106 cm³/mol. The molecule has 2 aromatic carbocycles. The Kier molecular flexibility index (Phi) is 5.96. The van der Waals surface area contributed by atoms with Crippen LogP contribution in [0.25, 0.3) is 0 Å². The Hall–Kier alpha value is -3.02. The highest BCUT2D eigenvalue weighted by Crippen LogP contribution is 2.33. The lowest BCUT2D eigenvalue weighted by molar-refractivity contribution is -0.128. The molecule has 0 aliphatic carbocycles. The molecule has 0 fully saturated rings. The largest absolute Gasteiger partial charge is 0.477 e. The zero-order valence-electron chi connectivity index (χ0n) is 15.7. The van der Waals surface area contributed by atoms with Crippen molar-refractivity contribution in [2.45, 2.75) is 26.4 Å². The molecule has 0 aromatic heterocycles. The van der Waals surface area contributed by atoms with Gasteiger partial charge in [0.2, 0.25) is 5.91 Å². The number of nitrogens with one attached hydrogen (secondary N) is 2. The molecular weight excluding hydrogens is 342 g/mol. The van der Waals surface area contributed by atoms with E-state index >= 15 is 0 Å². The lowest BCUT2D eigenvalue weighted by atomic mass is 10.1. The van der Waals surface area contributed by atoms with Gasteiger partial charge in [-0.25, -0.2) is 0 Å². The van der Waals surface area contributed by atoms with Crippen molar-refractivity contribution in [2.75, 3.05) is 29.9 Å². The number of nitrogens with zero attached hydrogens (tertiary/aromatic N) is 1. The van der Waals surface area contributed by atoms with Crippen LogP contribution in [0.5, 0.6) is 5.75 Å². The molecule has 1 aliphatic rings. The van der Waals surface area contributed by atoms with Crippen molar-refractivity contribution >= 4 is 23.2 Å². The van der Waals surface area contributed by atoms with E-state index in [1.165, 1.54) is 0 Å². The summed E-state index contributed by atoms with van der Waals surface area (Å²) in [5, 5.41) is 5.78. The summed E-state index contributed by atoms with van der Waals surface area (Å²) in [6.07, 6.45) is 0.218. The van der Waals surface area contributed by atoms with Crippen LogP contribution in [0.1, 0.15) is 18.9 Å². The lowest BCUT2D eigenvalue weighted by Crippen LogP contribution is -2.50. The summed E-state index contributed by atoms with van der Waals surface area (Å²) in [5.74, 6) is 0.323. The molecule has 2 aromatic rings. The Labute approximate surface area is 159 Å². The standard InChI is InChI=1S/C21H25N3O3/c1-3-11-22-21(26)19-13-24(17-9-4-5-10-18(17)27-19)14-20(25)23-16-8-6-7-15(2)12-16/h4-10,12,19H,3,11,13-14H2,1-2H3,(H,22,26)(H,23,25)/t19-/m0/s1. The van der Waals surface area contributed by atoms with Crippen molar-refractivity contribution in [3.05, 3.63) is 54.1 Å². The van der Waals surface area contributed by atoms with E-state index < -0.39 is 6.10 Å². The minimum absolute atomic E-state index is 0.134. The maximum Gasteiger partial charge on any atom is 0.262 e. The summed E-state index contributed by atoms with van der Waals surface area (Å²) in [6, 6.07) is 15.1. The Morgan fingerprint density at radius 2 is 2.00 bits per heavy atom. The van der Waals surface area contributed by atoms with Gasteiger partial charge >= 0.3 is 0 Å². The third-order valence-corrected chi connectivity index (χ3v) is 4.34. The second-order valence-electron chi connectivity index (χ2n) is 6.66. The molecule has 0 radical (unpaired) electrons. The van der Waals surface area contributed by atoms with Gasteiger partial charge in [-0.3, -0.25) is 9.59 Å². The van der Waals surface area contributed by atoms with E-state index in [4.69, 9.17) is 4.74 Å². The fraction of sp³-hybridized carbons (Fsp3) is 0.333. The van der Waals surface area contributed by atoms with E-state index in [0.29, 0.717) is 18.8 Å². The van der Waals surface area contributed by atoms with Crippen LogP contribution in [0.3, 0.4) is 0 Å². The van der Waals surface area contributed by atoms with Crippen LogP contribution in [0, 0.1) is 6.92 Å². The van der Waals surface area contributed by atoms with Crippen LogP contribution in [-0.2, 0) is 9.59 Å². The average molecular weight is 367 g/mol. The maximum atomic E-state index is 12.6. The number of rotatable bonds is 6. The van der Waals surface area contributed by atoms with Crippen molar-refractivity contribution < 1.29 is 14.3 Å². The number of carbonyl (C=O) groups is 2. The van der Waals surface area contributed by atoms with Crippen LogP contribution in [0.4, 0.5) is 11.4 Å². The number of carbonyl (C=O) groups excluding carboxylic acids is 2. The number of ether oxygens (including phenoxy) is 1. The predicted octanol–water partition coefficient (Wildman–Crippen LogP) is 2.73. The van der Waals surface area contributed by atoms with Crippen molar-refractivity contribution in [1.82, 2.24) is 5.32 Å². The third-order valence-electron chi connectivity index (χ3n) is 4.34. The van der Waals surface area contributed by atoms with Gasteiger partial charge in [-0.2, -0.15) is 0 Å². The van der Waals surface area contributed by atoms with E-state index in [9.17, 15) is 9.59 Å². The summed E-state index contributed by atoms with van der Waals surface area (Å²) in [5.41, 5.74) is 2.66. The summed E-state index contributed by atoms with van der Waals surface area (Å²) in [6.45, 7) is 5.06. The van der Waals surface area contributed by atoms with E-state index in [1.807, 2.05) is 67.3 Å². The molecule has 3 rings (SSSR count). The monoisotopic (exact) mass is 367 g/mol. The van der Waals surface area contributed by atoms with Crippen LogP contribution in [-0.4, -0.2) is 37.6 Å². The van der Waals surface area contributed by atoms with E-state index in [1.54, 1.807) is 0 Å². The molecule has 142 valence electrons. The van der Waals surface area contributed by atoms with Crippen molar-refractivity contribution in [3.63, 3.8) is 0 Å². The summed E-state index contributed by atoms with van der Waals surface area (Å²) in [4.78, 5) is 26.8. The van der Waals surface area contributed by atoms with Crippen LogP contribution in [0.2, 0.25) is 0 Å². The highest BCUT2D eigenvalue weighted by Gasteiger charge is 2.31. The Morgan fingerprint density at radius 3 is 2.78 bits per heavy atom. The highest BCUT2D eigenvalue weighted by molar-refractivity contribution is 5.95. The van der Waals surface area contributed by atoms with Crippen LogP contribution in [0.15, 0.2) is 48.5 Å². The number of para-hydroxylation sites is 2. The van der Waals surface area contributed by atoms with E-state index in [2.05, 4.69) is 10.6 Å². The van der Waals surface area contributed by atoms with Gasteiger partial charge in [0, 0.05) is 12.2 Å². The fourth-order valence-electron chi connectivity index (χ4n) is 3.05. The van der Waals surface area contributed by atoms with Crippen LogP contribution < -0.4 is 20.3 Å². The molecule has 0 bridgehead atoms. The zero-order valence-corrected chi connectivity index (χ0v) is 15.7. The molecule has 2 amide bonds. The molecule has 1 atom stereocenters. The fourth-order valence-corrected chi connectivity index (χ4v) is 3.05. The molecule has 0 saturated carbocycles. The van der Waals surface area contributed by atoms with Crippen molar-refractivity contribution in [1.29, 1.82) is 0 Å².